The molecule has 0 amide bonds. The van der Waals surface area contributed by atoms with Gasteiger partial charge in [-0.25, -0.2) is 0 Å². The van der Waals surface area contributed by atoms with E-state index >= 15 is 0 Å². The lowest BCUT2D eigenvalue weighted by Crippen LogP contribution is -2.53. The van der Waals surface area contributed by atoms with Crippen LogP contribution in [0.4, 0.5) is 0 Å². The zero-order chi connectivity index (χ0) is 8.16. The van der Waals surface area contributed by atoms with Gasteiger partial charge in [0.15, 0.2) is 0 Å². The molecule has 0 heterocycles. The Morgan fingerprint density at radius 3 is 2.64 bits per heavy atom. The van der Waals surface area contributed by atoms with Crippen LogP contribution < -0.4 is 5.32 Å². The van der Waals surface area contributed by atoms with E-state index in [9.17, 15) is 0 Å². The highest BCUT2D eigenvalue weighted by Crippen LogP contribution is 2.32. The molecule has 11 heavy (non-hydrogen) atoms. The summed E-state index contributed by atoms with van der Waals surface area (Å²) < 4.78 is 4.94. The lowest BCUT2D eigenvalue weighted by atomic mass is 9.78. The van der Waals surface area contributed by atoms with Crippen LogP contribution in [0.1, 0.15) is 19.3 Å². The van der Waals surface area contributed by atoms with Crippen LogP contribution >= 0.6 is 11.6 Å². The molecule has 1 fully saturated rings. The van der Waals surface area contributed by atoms with Gasteiger partial charge in [0, 0.05) is 25.1 Å². The first kappa shape index (κ1) is 9.30. The third-order valence-corrected chi connectivity index (χ3v) is 2.88. The van der Waals surface area contributed by atoms with Crippen LogP contribution in [0.25, 0.3) is 0 Å². The van der Waals surface area contributed by atoms with Crippen molar-refractivity contribution in [2.75, 3.05) is 26.1 Å². The molecule has 3 heteroatoms. The SMILES string of the molecule is COCCNC1(CCl)CCC1. The maximum absolute atomic E-state index is 5.84. The summed E-state index contributed by atoms with van der Waals surface area (Å²) in [5.74, 6) is 0.733. The molecular weight excluding hydrogens is 162 g/mol. The van der Waals surface area contributed by atoms with Crippen molar-refractivity contribution in [2.24, 2.45) is 0 Å². The number of rotatable bonds is 5. The quantitative estimate of drug-likeness (QED) is 0.506. The van der Waals surface area contributed by atoms with Crippen molar-refractivity contribution in [3.63, 3.8) is 0 Å². The number of alkyl halides is 1. The second-order valence-corrected chi connectivity index (χ2v) is 3.45. The van der Waals surface area contributed by atoms with Gasteiger partial charge in [0.1, 0.15) is 0 Å². The summed E-state index contributed by atoms with van der Waals surface area (Å²) >= 11 is 5.84. The minimum atomic E-state index is 0.250. The normalized spacial score (nSPS) is 21.3. The molecule has 0 aromatic rings. The van der Waals surface area contributed by atoms with E-state index in [1.54, 1.807) is 7.11 Å². The highest BCUT2D eigenvalue weighted by atomic mass is 35.5. The Hall–Kier alpha value is 0.210. The number of halogens is 1. The molecule has 0 spiro atoms. The monoisotopic (exact) mass is 177 g/mol. The van der Waals surface area contributed by atoms with E-state index in [-0.39, 0.29) is 5.54 Å². The van der Waals surface area contributed by atoms with E-state index in [0.717, 1.165) is 19.0 Å². The third-order valence-electron chi connectivity index (χ3n) is 2.37. The highest BCUT2D eigenvalue weighted by Gasteiger charge is 2.34. The highest BCUT2D eigenvalue weighted by molar-refractivity contribution is 6.18. The molecule has 0 aromatic heterocycles. The van der Waals surface area contributed by atoms with Gasteiger partial charge < -0.3 is 10.1 Å². The van der Waals surface area contributed by atoms with Gasteiger partial charge in [0.2, 0.25) is 0 Å². The molecule has 0 atom stereocenters. The van der Waals surface area contributed by atoms with Crippen LogP contribution in [-0.2, 0) is 4.74 Å². The zero-order valence-corrected chi connectivity index (χ0v) is 7.78. The molecular formula is C8H16ClNO. The van der Waals surface area contributed by atoms with Gasteiger partial charge in [-0.2, -0.15) is 0 Å². The van der Waals surface area contributed by atoms with E-state index in [1.807, 2.05) is 0 Å². The summed E-state index contributed by atoms with van der Waals surface area (Å²) in [7, 11) is 1.72. The first-order chi connectivity index (χ1) is 5.33. The van der Waals surface area contributed by atoms with Gasteiger partial charge in [0.05, 0.1) is 6.61 Å². The van der Waals surface area contributed by atoms with Crippen molar-refractivity contribution >= 4 is 11.6 Å². The number of hydrogen-bond donors (Lipinski definition) is 1. The molecule has 66 valence electrons. The first-order valence-electron chi connectivity index (χ1n) is 4.13. The summed E-state index contributed by atoms with van der Waals surface area (Å²) in [4.78, 5) is 0. The van der Waals surface area contributed by atoms with Crippen LogP contribution in [0.15, 0.2) is 0 Å². The van der Waals surface area contributed by atoms with Crippen molar-refractivity contribution in [1.82, 2.24) is 5.32 Å². The molecule has 0 unspecified atom stereocenters. The molecule has 1 saturated carbocycles. The van der Waals surface area contributed by atoms with Crippen molar-refractivity contribution in [1.29, 1.82) is 0 Å². The second kappa shape index (κ2) is 4.29. The Bertz CT molecular complexity index is 109. The van der Waals surface area contributed by atoms with Crippen LogP contribution in [0.2, 0.25) is 0 Å². The van der Waals surface area contributed by atoms with Crippen molar-refractivity contribution in [3.8, 4) is 0 Å². The largest absolute Gasteiger partial charge is 0.383 e. The van der Waals surface area contributed by atoms with Gasteiger partial charge in [-0.15, -0.1) is 11.6 Å². The van der Waals surface area contributed by atoms with E-state index in [2.05, 4.69) is 5.32 Å². The Morgan fingerprint density at radius 1 is 1.55 bits per heavy atom. The Morgan fingerprint density at radius 2 is 2.27 bits per heavy atom. The first-order valence-corrected chi connectivity index (χ1v) is 4.66. The van der Waals surface area contributed by atoms with Crippen LogP contribution in [0.3, 0.4) is 0 Å². The maximum Gasteiger partial charge on any atom is 0.0587 e. The van der Waals surface area contributed by atoms with Gasteiger partial charge in [-0.1, -0.05) is 0 Å². The molecule has 0 aliphatic heterocycles. The van der Waals surface area contributed by atoms with Crippen LogP contribution in [0, 0.1) is 0 Å². The molecule has 0 saturated heterocycles. The van der Waals surface area contributed by atoms with E-state index in [4.69, 9.17) is 16.3 Å². The lowest BCUT2D eigenvalue weighted by Gasteiger charge is -2.41. The average molecular weight is 178 g/mol. The third kappa shape index (κ3) is 2.32. The van der Waals surface area contributed by atoms with Gasteiger partial charge >= 0.3 is 0 Å². The average Bonchev–Trinajstić information content (AvgIpc) is 1.95. The smallest absolute Gasteiger partial charge is 0.0587 e. The summed E-state index contributed by atoms with van der Waals surface area (Å²) in [6.45, 7) is 1.70. The summed E-state index contributed by atoms with van der Waals surface area (Å²) in [6, 6.07) is 0. The Labute approximate surface area is 73.3 Å². The van der Waals surface area contributed by atoms with Gasteiger partial charge in [-0.3, -0.25) is 0 Å². The summed E-state index contributed by atoms with van der Waals surface area (Å²) in [5, 5.41) is 3.43. The molecule has 1 aliphatic carbocycles. The Kier molecular flexibility index (Phi) is 3.63. The minimum absolute atomic E-state index is 0.250. The molecule has 0 radical (unpaired) electrons. The molecule has 2 nitrogen and oxygen atoms in total. The van der Waals surface area contributed by atoms with Gasteiger partial charge in [0.25, 0.3) is 0 Å². The fraction of sp³-hybridized carbons (Fsp3) is 1.00. The van der Waals surface area contributed by atoms with Crippen molar-refractivity contribution in [2.45, 2.75) is 24.8 Å². The van der Waals surface area contributed by atoms with Crippen LogP contribution in [-0.4, -0.2) is 31.7 Å². The molecule has 0 aromatic carbocycles. The number of methoxy groups -OCH3 is 1. The molecule has 1 N–H and O–H groups in total. The standard InChI is InChI=1S/C8H16ClNO/c1-11-6-5-10-8(7-9)3-2-4-8/h10H,2-7H2,1H3. The van der Waals surface area contributed by atoms with E-state index in [1.165, 1.54) is 19.3 Å². The van der Waals surface area contributed by atoms with E-state index < -0.39 is 0 Å². The van der Waals surface area contributed by atoms with E-state index in [0.29, 0.717) is 0 Å². The van der Waals surface area contributed by atoms with Crippen molar-refractivity contribution in [3.05, 3.63) is 0 Å². The molecule has 1 rings (SSSR count). The lowest BCUT2D eigenvalue weighted by molar-refractivity contribution is 0.159. The maximum atomic E-state index is 5.84. The summed E-state index contributed by atoms with van der Waals surface area (Å²) in [6.07, 6.45) is 3.76. The predicted molar refractivity (Wildman–Crippen MR) is 47.2 cm³/mol. The van der Waals surface area contributed by atoms with Crippen LogP contribution in [0.5, 0.6) is 0 Å². The number of nitrogens with one attached hydrogen (secondary N) is 1. The predicted octanol–water partition coefficient (Wildman–Crippen LogP) is 1.38. The van der Waals surface area contributed by atoms with Crippen molar-refractivity contribution < 1.29 is 4.74 Å². The number of hydrogen-bond acceptors (Lipinski definition) is 2. The fourth-order valence-corrected chi connectivity index (χ4v) is 1.74. The topological polar surface area (TPSA) is 21.3 Å². The zero-order valence-electron chi connectivity index (χ0n) is 7.03. The Balaban J connectivity index is 2.11. The second-order valence-electron chi connectivity index (χ2n) is 3.19. The molecule has 0 bridgehead atoms. The summed E-state index contributed by atoms with van der Waals surface area (Å²) in [5.41, 5.74) is 0.250. The minimum Gasteiger partial charge on any atom is -0.383 e. The van der Waals surface area contributed by atoms with Gasteiger partial charge in [-0.05, 0) is 19.3 Å². The molecule has 1 aliphatic rings. The number of ether oxygens (including phenoxy) is 1. The fourth-order valence-electron chi connectivity index (χ4n) is 1.38.